The van der Waals surface area contributed by atoms with Gasteiger partial charge in [-0.25, -0.2) is 4.98 Å². The first-order valence-electron chi connectivity index (χ1n) is 9.21. The van der Waals surface area contributed by atoms with Crippen molar-refractivity contribution in [3.8, 4) is 11.1 Å². The zero-order valence-electron chi connectivity index (χ0n) is 15.7. The molecule has 0 aliphatic carbocycles. The maximum Gasteiger partial charge on any atom is 0.165 e. The summed E-state index contributed by atoms with van der Waals surface area (Å²) in [4.78, 5) is 5.04. The minimum Gasteiger partial charge on any atom is -0.383 e. The first-order valence-corrected chi connectivity index (χ1v) is 9.21. The second kappa shape index (κ2) is 7.50. The summed E-state index contributed by atoms with van der Waals surface area (Å²) in [6.45, 7) is 2.49. The Balaban J connectivity index is 1.88. The number of nitrogens with zero attached hydrogens (tertiary/aromatic N) is 5. The van der Waals surface area contributed by atoms with Crippen LogP contribution in [-0.4, -0.2) is 51.2 Å². The van der Waals surface area contributed by atoms with E-state index in [1.54, 1.807) is 22.5 Å². The maximum atomic E-state index is 6.53. The lowest BCUT2D eigenvalue weighted by atomic mass is 9.92. The summed E-state index contributed by atoms with van der Waals surface area (Å²) < 4.78 is 8.64. The number of ether oxygens (including phenoxy) is 1. The minimum atomic E-state index is 0.324. The van der Waals surface area contributed by atoms with Crippen LogP contribution in [-0.2, 0) is 11.8 Å². The molecule has 1 aliphatic heterocycles. The molecular weight excluding hydrogens is 342 g/mol. The van der Waals surface area contributed by atoms with E-state index in [-0.39, 0.29) is 0 Å². The SMILES string of the molecule is COC/C=C/c1c(C2CCCNC2)nc2c(-c3cnn(C)c3)cnn2c1N. The third-order valence-electron chi connectivity index (χ3n) is 5.00. The van der Waals surface area contributed by atoms with Crippen LogP contribution >= 0.6 is 0 Å². The average molecular weight is 367 g/mol. The quantitative estimate of drug-likeness (QED) is 0.714. The van der Waals surface area contributed by atoms with Crippen LogP contribution in [0.15, 0.2) is 24.7 Å². The number of piperidine rings is 1. The fourth-order valence-electron chi connectivity index (χ4n) is 3.64. The standard InChI is InChI=1S/C19H25N7O/c1-25-12-14(10-22-25)16-11-23-26-18(20)15(6-4-8-27-2)17(24-19(16)26)13-5-3-7-21-9-13/h4,6,10-13,21H,3,5,7-9,20H2,1-2H3/b6-4+. The summed E-state index contributed by atoms with van der Waals surface area (Å²) in [6, 6.07) is 0. The van der Waals surface area contributed by atoms with Crippen molar-refractivity contribution >= 4 is 17.5 Å². The van der Waals surface area contributed by atoms with Gasteiger partial charge < -0.3 is 15.8 Å². The van der Waals surface area contributed by atoms with Gasteiger partial charge in [-0.2, -0.15) is 14.7 Å². The van der Waals surface area contributed by atoms with Crippen molar-refractivity contribution in [1.29, 1.82) is 0 Å². The number of fused-ring (bicyclic) bond motifs is 1. The van der Waals surface area contributed by atoms with Gasteiger partial charge in [-0.05, 0) is 19.4 Å². The molecule has 0 radical (unpaired) electrons. The molecule has 4 heterocycles. The van der Waals surface area contributed by atoms with Gasteiger partial charge in [0.05, 0.1) is 24.7 Å². The first-order chi connectivity index (χ1) is 13.2. The molecule has 1 atom stereocenters. The van der Waals surface area contributed by atoms with Gasteiger partial charge >= 0.3 is 0 Å². The van der Waals surface area contributed by atoms with E-state index >= 15 is 0 Å². The van der Waals surface area contributed by atoms with Gasteiger partial charge in [-0.3, -0.25) is 4.68 Å². The van der Waals surface area contributed by atoms with Crippen LogP contribution < -0.4 is 11.1 Å². The minimum absolute atomic E-state index is 0.324. The Morgan fingerprint density at radius 1 is 1.37 bits per heavy atom. The Hall–Kier alpha value is -2.71. The number of anilines is 1. The van der Waals surface area contributed by atoms with Crippen LogP contribution in [0.4, 0.5) is 5.82 Å². The predicted molar refractivity (Wildman–Crippen MR) is 105 cm³/mol. The lowest BCUT2D eigenvalue weighted by Crippen LogP contribution is -2.29. The zero-order chi connectivity index (χ0) is 18.8. The summed E-state index contributed by atoms with van der Waals surface area (Å²) in [7, 11) is 3.57. The lowest BCUT2D eigenvalue weighted by Gasteiger charge is -2.24. The number of methoxy groups -OCH3 is 1. The van der Waals surface area contributed by atoms with Crippen molar-refractivity contribution in [2.45, 2.75) is 18.8 Å². The molecule has 1 unspecified atom stereocenters. The average Bonchev–Trinajstić information content (AvgIpc) is 3.30. The zero-order valence-corrected chi connectivity index (χ0v) is 15.7. The van der Waals surface area contributed by atoms with E-state index in [0.29, 0.717) is 18.3 Å². The molecule has 8 heteroatoms. The van der Waals surface area contributed by atoms with E-state index in [4.69, 9.17) is 15.5 Å². The maximum absolute atomic E-state index is 6.53. The summed E-state index contributed by atoms with van der Waals surface area (Å²) in [5, 5.41) is 12.2. The smallest absolute Gasteiger partial charge is 0.165 e. The molecule has 1 fully saturated rings. The van der Waals surface area contributed by atoms with Crippen molar-refractivity contribution in [2.24, 2.45) is 7.05 Å². The van der Waals surface area contributed by atoms with Gasteiger partial charge in [0.1, 0.15) is 5.82 Å². The normalized spacial score (nSPS) is 17.9. The predicted octanol–water partition coefficient (Wildman–Crippen LogP) is 1.84. The molecular formula is C19H25N7O. The van der Waals surface area contributed by atoms with Crippen molar-refractivity contribution < 1.29 is 4.74 Å². The van der Waals surface area contributed by atoms with Crippen LogP contribution in [0.5, 0.6) is 0 Å². The molecule has 3 aromatic heterocycles. The molecule has 142 valence electrons. The van der Waals surface area contributed by atoms with Gasteiger partial charge in [0.2, 0.25) is 0 Å². The highest BCUT2D eigenvalue weighted by Gasteiger charge is 2.24. The highest BCUT2D eigenvalue weighted by atomic mass is 16.5. The number of hydrogen-bond donors (Lipinski definition) is 2. The summed E-state index contributed by atoms with van der Waals surface area (Å²) in [5.41, 5.74) is 11.2. The monoisotopic (exact) mass is 367 g/mol. The number of nitrogens with two attached hydrogens (primary N) is 1. The molecule has 3 aromatic rings. The Bertz CT molecular complexity index is 966. The fourth-order valence-corrected chi connectivity index (χ4v) is 3.64. The van der Waals surface area contributed by atoms with Crippen LogP contribution in [0, 0.1) is 0 Å². The van der Waals surface area contributed by atoms with E-state index in [1.807, 2.05) is 31.6 Å². The molecule has 8 nitrogen and oxygen atoms in total. The van der Waals surface area contributed by atoms with Gasteiger partial charge in [-0.1, -0.05) is 12.2 Å². The lowest BCUT2D eigenvalue weighted by molar-refractivity contribution is 0.234. The van der Waals surface area contributed by atoms with Crippen LogP contribution in [0.3, 0.4) is 0 Å². The highest BCUT2D eigenvalue weighted by Crippen LogP contribution is 2.32. The molecule has 0 spiro atoms. The molecule has 27 heavy (non-hydrogen) atoms. The fraction of sp³-hybridized carbons (Fsp3) is 0.421. The first kappa shape index (κ1) is 17.7. The van der Waals surface area contributed by atoms with Gasteiger partial charge in [0.25, 0.3) is 0 Å². The van der Waals surface area contributed by atoms with E-state index in [9.17, 15) is 0 Å². The molecule has 0 saturated carbocycles. The van der Waals surface area contributed by atoms with E-state index < -0.39 is 0 Å². The molecule has 4 rings (SSSR count). The number of nitrogen functional groups attached to an aromatic ring is 1. The molecule has 3 N–H and O–H groups in total. The molecule has 1 aliphatic rings. The van der Waals surface area contributed by atoms with Gasteiger partial charge in [-0.15, -0.1) is 0 Å². The summed E-state index contributed by atoms with van der Waals surface area (Å²) in [5.74, 6) is 0.924. The van der Waals surface area contributed by atoms with Crippen LogP contribution in [0.2, 0.25) is 0 Å². The Kier molecular flexibility index (Phi) is 4.91. The second-order valence-corrected chi connectivity index (χ2v) is 6.89. The second-order valence-electron chi connectivity index (χ2n) is 6.89. The molecule has 1 saturated heterocycles. The largest absolute Gasteiger partial charge is 0.383 e. The van der Waals surface area contributed by atoms with E-state index in [0.717, 1.165) is 54.0 Å². The molecule has 0 amide bonds. The van der Waals surface area contributed by atoms with Gasteiger partial charge in [0.15, 0.2) is 5.65 Å². The Labute approximate surface area is 158 Å². The van der Waals surface area contributed by atoms with Crippen molar-refractivity contribution in [3.05, 3.63) is 35.9 Å². The number of nitrogens with one attached hydrogen (secondary N) is 1. The summed E-state index contributed by atoms with van der Waals surface area (Å²) >= 11 is 0. The Morgan fingerprint density at radius 3 is 2.96 bits per heavy atom. The van der Waals surface area contributed by atoms with Crippen LogP contribution in [0.1, 0.15) is 30.0 Å². The number of aryl methyl sites for hydroxylation is 1. The highest BCUT2D eigenvalue weighted by molar-refractivity contribution is 5.79. The van der Waals surface area contributed by atoms with Crippen molar-refractivity contribution in [1.82, 2.24) is 29.7 Å². The van der Waals surface area contributed by atoms with Gasteiger partial charge in [0, 0.05) is 49.5 Å². The number of aromatic nitrogens is 5. The number of rotatable bonds is 5. The topological polar surface area (TPSA) is 95.3 Å². The van der Waals surface area contributed by atoms with Crippen LogP contribution in [0.25, 0.3) is 22.9 Å². The third kappa shape index (κ3) is 3.33. The summed E-state index contributed by atoms with van der Waals surface area (Å²) in [6.07, 6.45) is 11.8. The number of hydrogen-bond acceptors (Lipinski definition) is 6. The Morgan fingerprint density at radius 2 is 2.26 bits per heavy atom. The third-order valence-corrected chi connectivity index (χ3v) is 5.00. The van der Waals surface area contributed by atoms with E-state index in [1.165, 1.54) is 0 Å². The van der Waals surface area contributed by atoms with Crippen molar-refractivity contribution in [3.63, 3.8) is 0 Å². The van der Waals surface area contributed by atoms with Crippen molar-refractivity contribution in [2.75, 3.05) is 32.5 Å². The van der Waals surface area contributed by atoms with E-state index in [2.05, 4.69) is 15.5 Å². The molecule has 0 bridgehead atoms. The molecule has 0 aromatic carbocycles.